The average molecular weight is 336 g/mol. The van der Waals surface area contributed by atoms with Crippen LogP contribution in [-0.4, -0.2) is 35.9 Å². The fourth-order valence-electron chi connectivity index (χ4n) is 2.00. The fourth-order valence-corrected chi connectivity index (χ4v) is 2.00. The molecule has 2 amide bonds. The maximum Gasteiger partial charge on any atom is 0.338 e. The van der Waals surface area contributed by atoms with E-state index >= 15 is 0 Å². The summed E-state index contributed by atoms with van der Waals surface area (Å²) in [7, 11) is 0. The molecular formula is C18H28N2O4. The van der Waals surface area contributed by atoms with Crippen molar-refractivity contribution in [2.45, 2.75) is 52.1 Å². The number of hydrogen-bond donors (Lipinski definition) is 3. The first-order valence-corrected chi connectivity index (χ1v) is 8.48. The van der Waals surface area contributed by atoms with Crippen LogP contribution in [0.4, 0.5) is 10.5 Å². The van der Waals surface area contributed by atoms with Gasteiger partial charge in [-0.25, -0.2) is 9.59 Å². The van der Waals surface area contributed by atoms with Gasteiger partial charge in [-0.15, -0.1) is 0 Å². The maximum absolute atomic E-state index is 11.9. The van der Waals surface area contributed by atoms with Crippen LogP contribution in [0.2, 0.25) is 0 Å². The third kappa shape index (κ3) is 6.58. The second kappa shape index (κ2) is 9.93. The van der Waals surface area contributed by atoms with Crippen molar-refractivity contribution < 1.29 is 19.4 Å². The molecule has 0 atom stereocenters. The highest BCUT2D eigenvalue weighted by atomic mass is 16.5. The number of rotatable bonds is 9. The van der Waals surface area contributed by atoms with E-state index in [1.54, 1.807) is 24.3 Å². The molecule has 1 aromatic carbocycles. The minimum Gasteiger partial charge on any atom is -0.462 e. The first-order chi connectivity index (χ1) is 11.4. The number of anilines is 1. The molecule has 1 rings (SSSR count). The van der Waals surface area contributed by atoms with Crippen LogP contribution >= 0.6 is 0 Å². The third-order valence-corrected chi connectivity index (χ3v) is 4.00. The summed E-state index contributed by atoms with van der Waals surface area (Å²) in [5, 5.41) is 15.5. The van der Waals surface area contributed by atoms with Gasteiger partial charge in [0, 0.05) is 12.2 Å². The maximum atomic E-state index is 11.9. The van der Waals surface area contributed by atoms with Crippen molar-refractivity contribution in [2.24, 2.45) is 0 Å². The number of benzene rings is 1. The minimum atomic E-state index is -0.885. The Morgan fingerprint density at radius 3 is 2.29 bits per heavy atom. The van der Waals surface area contributed by atoms with Crippen LogP contribution in [0.15, 0.2) is 24.3 Å². The van der Waals surface area contributed by atoms with Gasteiger partial charge in [-0.2, -0.15) is 0 Å². The van der Waals surface area contributed by atoms with Crippen LogP contribution in [0, 0.1) is 0 Å². The predicted molar refractivity (Wildman–Crippen MR) is 94.2 cm³/mol. The molecule has 0 aromatic heterocycles. The molecule has 0 aliphatic rings. The zero-order chi connectivity index (χ0) is 18.0. The Kier molecular flexibility index (Phi) is 8.26. The quantitative estimate of drug-likeness (QED) is 0.477. The molecule has 6 heteroatoms. The number of amides is 2. The lowest BCUT2D eigenvalue weighted by Gasteiger charge is -2.25. The van der Waals surface area contributed by atoms with Gasteiger partial charge in [0.25, 0.3) is 0 Å². The average Bonchev–Trinajstić information content (AvgIpc) is 2.60. The number of urea groups is 1. The number of aliphatic hydroxyl groups is 1. The van der Waals surface area contributed by atoms with Gasteiger partial charge in [0.15, 0.2) is 0 Å². The summed E-state index contributed by atoms with van der Waals surface area (Å²) >= 11 is 0. The van der Waals surface area contributed by atoms with Crippen molar-refractivity contribution in [1.82, 2.24) is 5.32 Å². The molecule has 0 saturated heterocycles. The van der Waals surface area contributed by atoms with Crippen LogP contribution in [0.25, 0.3) is 0 Å². The molecule has 0 aliphatic heterocycles. The molecule has 6 nitrogen and oxygen atoms in total. The van der Waals surface area contributed by atoms with Crippen molar-refractivity contribution in [2.75, 3.05) is 18.5 Å². The van der Waals surface area contributed by atoms with Crippen LogP contribution in [-0.2, 0) is 4.74 Å². The van der Waals surface area contributed by atoms with E-state index in [0.717, 1.165) is 12.8 Å². The van der Waals surface area contributed by atoms with Gasteiger partial charge in [0.2, 0.25) is 0 Å². The van der Waals surface area contributed by atoms with Crippen molar-refractivity contribution >= 4 is 17.7 Å². The van der Waals surface area contributed by atoms with Crippen LogP contribution in [0.1, 0.15) is 56.8 Å². The smallest absolute Gasteiger partial charge is 0.338 e. The van der Waals surface area contributed by atoms with Crippen LogP contribution in [0.5, 0.6) is 0 Å². The Hall–Kier alpha value is -2.08. The van der Waals surface area contributed by atoms with Gasteiger partial charge in [-0.05, 0) is 43.5 Å². The van der Waals surface area contributed by atoms with Crippen LogP contribution in [0.3, 0.4) is 0 Å². The molecule has 0 aliphatic carbocycles. The molecule has 0 radical (unpaired) electrons. The number of ether oxygens (including phenoxy) is 1. The minimum absolute atomic E-state index is 0.188. The van der Waals surface area contributed by atoms with Gasteiger partial charge < -0.3 is 20.5 Å². The largest absolute Gasteiger partial charge is 0.462 e. The molecule has 3 N–H and O–H groups in total. The van der Waals surface area contributed by atoms with Crippen molar-refractivity contribution in [3.8, 4) is 0 Å². The molecule has 0 bridgehead atoms. The lowest BCUT2D eigenvalue weighted by Crippen LogP contribution is -2.43. The molecule has 0 unspecified atom stereocenters. The van der Waals surface area contributed by atoms with Crippen LogP contribution < -0.4 is 10.6 Å². The monoisotopic (exact) mass is 336 g/mol. The highest BCUT2D eigenvalue weighted by molar-refractivity contribution is 5.92. The summed E-state index contributed by atoms with van der Waals surface area (Å²) < 4.78 is 5.12. The highest BCUT2D eigenvalue weighted by Gasteiger charge is 2.22. The second-order valence-electron chi connectivity index (χ2n) is 5.81. The van der Waals surface area contributed by atoms with E-state index in [9.17, 15) is 14.7 Å². The number of esters is 1. The standard InChI is InChI=1S/C18H28N2O4/c1-4-7-12-24-16(21)14-8-10-15(11-9-14)20-17(22)19-13-18(23,5-2)6-3/h8-11,23H,4-7,12-13H2,1-3H3,(H2,19,20,22). The van der Waals surface area contributed by atoms with E-state index in [2.05, 4.69) is 10.6 Å². The van der Waals surface area contributed by atoms with E-state index in [0.29, 0.717) is 30.7 Å². The molecular weight excluding hydrogens is 308 g/mol. The molecule has 0 spiro atoms. The fraction of sp³-hybridized carbons (Fsp3) is 0.556. The number of unbranched alkanes of at least 4 members (excludes halogenated alkanes) is 1. The summed E-state index contributed by atoms with van der Waals surface area (Å²) in [6.45, 7) is 6.38. The zero-order valence-corrected chi connectivity index (χ0v) is 14.7. The Labute approximate surface area is 143 Å². The zero-order valence-electron chi connectivity index (χ0n) is 14.7. The van der Waals surface area contributed by atoms with Gasteiger partial charge in [0.1, 0.15) is 0 Å². The van der Waals surface area contributed by atoms with E-state index in [1.165, 1.54) is 0 Å². The normalized spacial score (nSPS) is 11.0. The highest BCUT2D eigenvalue weighted by Crippen LogP contribution is 2.14. The topological polar surface area (TPSA) is 87.7 Å². The van der Waals surface area contributed by atoms with Gasteiger partial charge in [-0.3, -0.25) is 0 Å². The van der Waals surface area contributed by atoms with Crippen molar-refractivity contribution in [3.63, 3.8) is 0 Å². The lowest BCUT2D eigenvalue weighted by molar-refractivity contribution is 0.0354. The summed E-state index contributed by atoms with van der Waals surface area (Å²) in [4.78, 5) is 23.6. The Bertz CT molecular complexity index is 524. The third-order valence-electron chi connectivity index (χ3n) is 4.00. The first-order valence-electron chi connectivity index (χ1n) is 8.48. The summed E-state index contributed by atoms with van der Waals surface area (Å²) in [6, 6.07) is 6.11. The van der Waals surface area contributed by atoms with Crippen molar-refractivity contribution in [3.05, 3.63) is 29.8 Å². The summed E-state index contributed by atoms with van der Waals surface area (Å²) in [5.74, 6) is -0.365. The lowest BCUT2D eigenvalue weighted by atomic mass is 9.98. The Morgan fingerprint density at radius 2 is 1.75 bits per heavy atom. The van der Waals surface area contributed by atoms with Gasteiger partial charge in [-0.1, -0.05) is 27.2 Å². The molecule has 134 valence electrons. The summed E-state index contributed by atoms with van der Waals surface area (Å²) in [6.07, 6.45) is 2.95. The summed E-state index contributed by atoms with van der Waals surface area (Å²) in [5.41, 5.74) is 0.126. The van der Waals surface area contributed by atoms with Gasteiger partial charge >= 0.3 is 12.0 Å². The molecule has 0 saturated carbocycles. The molecule has 0 heterocycles. The predicted octanol–water partition coefficient (Wildman–Crippen LogP) is 3.32. The van der Waals surface area contributed by atoms with Crippen molar-refractivity contribution in [1.29, 1.82) is 0 Å². The van der Waals surface area contributed by atoms with E-state index in [4.69, 9.17) is 4.74 Å². The van der Waals surface area contributed by atoms with E-state index in [1.807, 2.05) is 20.8 Å². The molecule has 0 fully saturated rings. The SMILES string of the molecule is CCCCOC(=O)c1ccc(NC(=O)NCC(O)(CC)CC)cc1. The van der Waals surface area contributed by atoms with E-state index < -0.39 is 11.6 Å². The Morgan fingerprint density at radius 1 is 1.12 bits per heavy atom. The number of carbonyl (C=O) groups is 2. The van der Waals surface area contributed by atoms with Gasteiger partial charge in [0.05, 0.1) is 17.8 Å². The Balaban J connectivity index is 2.49. The molecule has 24 heavy (non-hydrogen) atoms. The van der Waals surface area contributed by atoms with E-state index in [-0.39, 0.29) is 12.5 Å². The first kappa shape index (κ1) is 20.0. The number of nitrogens with one attached hydrogen (secondary N) is 2. The second-order valence-corrected chi connectivity index (χ2v) is 5.81. The molecule has 1 aromatic rings. The number of hydrogen-bond acceptors (Lipinski definition) is 4. The number of carbonyl (C=O) groups excluding carboxylic acids is 2.